The van der Waals surface area contributed by atoms with Gasteiger partial charge >= 0.3 is 0 Å². The number of carbonyl (C=O) groups is 1. The van der Waals surface area contributed by atoms with Gasteiger partial charge in [-0.1, -0.05) is 67.0 Å². The van der Waals surface area contributed by atoms with E-state index in [-0.39, 0.29) is 24.2 Å². The van der Waals surface area contributed by atoms with Crippen LogP contribution in [0.5, 0.6) is 0 Å². The summed E-state index contributed by atoms with van der Waals surface area (Å²) in [6, 6.07) is 10.1. The van der Waals surface area contributed by atoms with E-state index in [1.165, 1.54) is 22.9 Å². The number of allylic oxidation sites excluding steroid dienone is 3. The van der Waals surface area contributed by atoms with Crippen molar-refractivity contribution in [2.24, 2.45) is 10.9 Å². The lowest BCUT2D eigenvalue weighted by Crippen LogP contribution is -2.31. The first-order valence-corrected chi connectivity index (χ1v) is 14.5. The van der Waals surface area contributed by atoms with Gasteiger partial charge in [0.25, 0.3) is 0 Å². The fraction of sp³-hybridized carbons (Fsp3) is 0.452. The molecule has 0 fully saturated rings. The van der Waals surface area contributed by atoms with Crippen LogP contribution in [0, 0.1) is 19.8 Å². The number of nitrogens with one attached hydrogen (secondary N) is 2. The molecule has 2 N–H and O–H groups in total. The van der Waals surface area contributed by atoms with Crippen LogP contribution in [0.3, 0.4) is 0 Å². The number of carbonyl (C=O) groups excluding carboxylic acids is 1. The maximum absolute atomic E-state index is 12.6. The summed E-state index contributed by atoms with van der Waals surface area (Å²) >= 11 is 0. The topological polar surface area (TPSA) is 66.4 Å². The molecule has 0 radical (unpaired) electrons. The van der Waals surface area contributed by atoms with Crippen molar-refractivity contribution in [3.63, 3.8) is 0 Å². The van der Waals surface area contributed by atoms with Crippen molar-refractivity contribution in [1.82, 2.24) is 10.3 Å². The normalized spacial score (nSPS) is 18.7. The number of aliphatic imine (C=N–C) groups is 1. The Balaban J connectivity index is 0.00000153. The summed E-state index contributed by atoms with van der Waals surface area (Å²) in [7, 11) is 0.637. The van der Waals surface area contributed by atoms with Crippen LogP contribution in [0.25, 0.3) is 0 Å². The van der Waals surface area contributed by atoms with E-state index >= 15 is 0 Å². The van der Waals surface area contributed by atoms with Crippen LogP contribution in [0.2, 0.25) is 0 Å². The molecule has 200 valence electrons. The molecule has 2 aromatic rings. The highest BCUT2D eigenvalue weighted by atomic mass is 31.1. The highest BCUT2D eigenvalue weighted by molar-refractivity contribution is 7.45. The van der Waals surface area contributed by atoms with E-state index in [1.807, 2.05) is 31.3 Å². The van der Waals surface area contributed by atoms with Crippen molar-refractivity contribution < 1.29 is 4.79 Å². The lowest BCUT2D eigenvalue weighted by atomic mass is 10.0. The molecule has 2 heterocycles. The zero-order chi connectivity index (χ0) is 27.4. The number of hydrogen-bond acceptors (Lipinski definition) is 4. The molecule has 1 aromatic heterocycles. The smallest absolute Gasteiger partial charge is 0.230 e. The molecule has 3 atom stereocenters. The first kappa shape index (κ1) is 30.6. The number of aryl methyl sites for hydroxylation is 2. The Morgan fingerprint density at radius 1 is 1.14 bits per heavy atom. The summed E-state index contributed by atoms with van der Waals surface area (Å²) in [6.07, 6.45) is 10.8. The molecule has 1 amide bonds. The average molecular weight is 521 g/mol. The van der Waals surface area contributed by atoms with Gasteiger partial charge in [0.2, 0.25) is 5.91 Å². The predicted octanol–water partition coefficient (Wildman–Crippen LogP) is 7.87. The van der Waals surface area contributed by atoms with Crippen LogP contribution in [0.1, 0.15) is 82.8 Å². The molecule has 0 bridgehead atoms. The van der Waals surface area contributed by atoms with Crippen LogP contribution in [-0.2, 0) is 11.2 Å². The number of amides is 1. The summed E-state index contributed by atoms with van der Waals surface area (Å²) in [6.45, 7) is 17.1. The van der Waals surface area contributed by atoms with Crippen molar-refractivity contribution in [3.05, 3.63) is 82.1 Å². The molecule has 0 spiro atoms. The summed E-state index contributed by atoms with van der Waals surface area (Å²) in [5, 5.41) is 8.11. The van der Waals surface area contributed by atoms with Crippen LogP contribution in [0.4, 0.5) is 5.69 Å². The first-order chi connectivity index (χ1) is 17.7. The van der Waals surface area contributed by atoms with Gasteiger partial charge in [-0.05, 0) is 80.2 Å². The van der Waals surface area contributed by atoms with Crippen LogP contribution in [0.15, 0.2) is 64.7 Å². The number of rotatable bonds is 8. The largest absolute Gasteiger partial charge is 0.326 e. The number of benzene rings is 1. The van der Waals surface area contributed by atoms with Gasteiger partial charge in [-0.2, -0.15) is 0 Å². The van der Waals surface area contributed by atoms with Crippen molar-refractivity contribution in [2.75, 3.05) is 5.32 Å². The third-order valence-electron chi connectivity index (χ3n) is 5.79. The van der Waals surface area contributed by atoms with E-state index in [9.17, 15) is 4.79 Å². The Morgan fingerprint density at radius 2 is 1.86 bits per heavy atom. The van der Waals surface area contributed by atoms with Gasteiger partial charge in [0.05, 0.1) is 17.9 Å². The van der Waals surface area contributed by atoms with Gasteiger partial charge in [0.15, 0.2) is 0 Å². The van der Waals surface area contributed by atoms with E-state index in [4.69, 9.17) is 4.99 Å². The summed E-state index contributed by atoms with van der Waals surface area (Å²) in [5.74, 6) is 0.767. The molecule has 5 nitrogen and oxygen atoms in total. The molecule has 0 aliphatic carbocycles. The first-order valence-electron chi connectivity index (χ1n) is 13.4. The molecule has 3 rings (SSSR count). The Morgan fingerprint density at radius 3 is 2.49 bits per heavy atom. The molecular formula is C31H45N4OP. The Kier molecular flexibility index (Phi) is 12.9. The van der Waals surface area contributed by atoms with E-state index in [0.29, 0.717) is 14.5 Å². The third-order valence-corrected chi connectivity index (χ3v) is 7.19. The lowest BCUT2D eigenvalue weighted by molar-refractivity contribution is -0.115. The molecule has 37 heavy (non-hydrogen) atoms. The zero-order valence-electron chi connectivity index (χ0n) is 23.9. The summed E-state index contributed by atoms with van der Waals surface area (Å²) in [4.78, 5) is 21.6. The third kappa shape index (κ3) is 10.3. The number of hydrogen-bond donors (Lipinski definition) is 2. The van der Waals surface area contributed by atoms with Crippen molar-refractivity contribution in [3.8, 4) is 0 Å². The minimum Gasteiger partial charge on any atom is -0.326 e. The minimum absolute atomic E-state index is 0.0634. The molecule has 6 heteroatoms. The number of anilines is 1. The van der Waals surface area contributed by atoms with Gasteiger partial charge in [-0.25, -0.2) is 0 Å². The van der Waals surface area contributed by atoms with Crippen LogP contribution >= 0.6 is 8.58 Å². The van der Waals surface area contributed by atoms with E-state index in [2.05, 4.69) is 88.4 Å². The van der Waals surface area contributed by atoms with E-state index in [0.717, 1.165) is 29.1 Å². The Labute approximate surface area is 226 Å². The fourth-order valence-electron chi connectivity index (χ4n) is 3.85. The second kappa shape index (κ2) is 15.6. The predicted molar refractivity (Wildman–Crippen MR) is 162 cm³/mol. The van der Waals surface area contributed by atoms with Gasteiger partial charge in [-0.3, -0.25) is 20.1 Å². The second-order valence-corrected chi connectivity index (χ2v) is 11.5. The summed E-state index contributed by atoms with van der Waals surface area (Å²) in [5.41, 5.74) is 6.12. The second-order valence-electron chi connectivity index (χ2n) is 10.0. The van der Waals surface area contributed by atoms with Gasteiger partial charge in [-0.15, -0.1) is 0 Å². The standard InChI is InChI=1S/C28H37N4OP.C3H8/c1-7-25-26(13-8-18(2)3)34-28(17-30-25)31-21(6)24-14-23(12-10-20(24)5)32-27(33)15-22-11-9-19(4)16-29-22;1-3-2/h7,9-14,16-18,21,28,31,34H,8,15H2,1-6H3,(H,32,33);3H2,1-2H3/b25-7+,26-13-;. The van der Waals surface area contributed by atoms with Crippen LogP contribution < -0.4 is 10.6 Å². The van der Waals surface area contributed by atoms with Crippen molar-refractivity contribution >= 4 is 26.4 Å². The average Bonchev–Trinajstić information content (AvgIpc) is 2.86. The Hall–Kier alpha value is -2.62. The maximum Gasteiger partial charge on any atom is 0.230 e. The van der Waals surface area contributed by atoms with Gasteiger partial charge in [0.1, 0.15) is 0 Å². The number of aromatic nitrogens is 1. The van der Waals surface area contributed by atoms with Gasteiger partial charge < -0.3 is 5.32 Å². The zero-order valence-corrected chi connectivity index (χ0v) is 24.9. The molecule has 0 saturated heterocycles. The van der Waals surface area contributed by atoms with E-state index < -0.39 is 0 Å². The molecule has 3 unspecified atom stereocenters. The molecule has 1 aliphatic heterocycles. The van der Waals surface area contributed by atoms with E-state index in [1.54, 1.807) is 6.20 Å². The fourth-order valence-corrected chi connectivity index (χ4v) is 5.26. The molecular weight excluding hydrogens is 475 g/mol. The maximum atomic E-state index is 12.6. The SMILES string of the molecule is C/C=C1/N=CC(NC(C)c2cc(NC(=O)Cc3ccc(C)cn3)ccc2C)P/C1=C\CC(C)C.CCC. The highest BCUT2D eigenvalue weighted by Crippen LogP contribution is 2.39. The van der Waals surface area contributed by atoms with Gasteiger partial charge in [0, 0.05) is 29.8 Å². The quantitative estimate of drug-likeness (QED) is 0.348. The van der Waals surface area contributed by atoms with Crippen molar-refractivity contribution in [1.29, 1.82) is 0 Å². The lowest BCUT2D eigenvalue weighted by Gasteiger charge is -2.26. The minimum atomic E-state index is -0.0634. The van der Waals surface area contributed by atoms with Crippen LogP contribution in [-0.4, -0.2) is 22.9 Å². The van der Waals surface area contributed by atoms with Crippen molar-refractivity contribution in [2.45, 2.75) is 86.5 Å². The monoisotopic (exact) mass is 520 g/mol. The summed E-state index contributed by atoms with van der Waals surface area (Å²) < 4.78 is 0. The molecule has 1 aliphatic rings. The number of nitrogens with zero attached hydrogens (tertiary/aromatic N) is 2. The molecule has 0 saturated carbocycles. The Bertz CT molecular complexity index is 1100. The number of pyridine rings is 1. The molecule has 1 aromatic carbocycles. The highest BCUT2D eigenvalue weighted by Gasteiger charge is 2.20.